The van der Waals surface area contributed by atoms with Crippen LogP contribution >= 0.6 is 0 Å². The molecule has 0 aliphatic heterocycles. The molecule has 0 rings (SSSR count). The first kappa shape index (κ1) is 6.72. The third kappa shape index (κ3) is 4.72. The Morgan fingerprint density at radius 3 is 2.62 bits per heavy atom. The summed E-state index contributed by atoms with van der Waals surface area (Å²) in [7, 11) is 0. The molecule has 2 heteroatoms. The monoisotopic (exact) mass is 106 g/mol. The fourth-order valence-electron chi connectivity index (χ4n) is 0.284. The number of hydrogen-bond acceptors (Lipinski definition) is 2. The molecule has 0 radical (unpaired) electrons. The van der Waals surface area contributed by atoms with Crippen molar-refractivity contribution in [3.63, 3.8) is 0 Å². The molecule has 0 atom stereocenters. The van der Waals surface area contributed by atoms with Crippen molar-refractivity contribution in [3.05, 3.63) is 12.2 Å². The molecule has 0 N–H and O–H groups in total. The van der Waals surface area contributed by atoms with Crippen LogP contribution in [0.2, 0.25) is 0 Å². The molecule has 0 aromatic heterocycles. The Balaban J connectivity index is 3.10. The molecule has 0 saturated heterocycles. The fourth-order valence-corrected chi connectivity index (χ4v) is 0.284. The standard InChI is InChI=1S/C6H6N2/c7-5-3-1-2-4-6-8/h1,3H,2,4H2/b3-1+. The number of rotatable bonds is 2. The summed E-state index contributed by atoms with van der Waals surface area (Å²) >= 11 is 0. The smallest absolute Gasteiger partial charge is 0.0908 e. The lowest BCUT2D eigenvalue weighted by Gasteiger charge is -1.73. The molecule has 0 aromatic carbocycles. The Bertz CT molecular complexity index is 145. The quantitative estimate of drug-likeness (QED) is 0.394. The zero-order valence-corrected chi connectivity index (χ0v) is 4.46. The summed E-state index contributed by atoms with van der Waals surface area (Å²) in [6.07, 6.45) is 4.25. The van der Waals surface area contributed by atoms with Crippen LogP contribution in [0.15, 0.2) is 12.2 Å². The van der Waals surface area contributed by atoms with Gasteiger partial charge in [-0.3, -0.25) is 0 Å². The highest BCUT2D eigenvalue weighted by molar-refractivity contribution is 5.01. The molecule has 0 amide bonds. The highest BCUT2D eigenvalue weighted by Crippen LogP contribution is 1.86. The molecular formula is C6H6N2. The van der Waals surface area contributed by atoms with E-state index in [0.29, 0.717) is 12.8 Å². The minimum absolute atomic E-state index is 0.498. The number of nitrogens with zero attached hydrogens (tertiary/aromatic N) is 2. The van der Waals surface area contributed by atoms with Gasteiger partial charge in [-0.1, -0.05) is 6.08 Å². The minimum Gasteiger partial charge on any atom is -0.198 e. The van der Waals surface area contributed by atoms with Gasteiger partial charge in [0.25, 0.3) is 0 Å². The number of nitriles is 2. The lowest BCUT2D eigenvalue weighted by atomic mass is 10.3. The summed E-state index contributed by atoms with van der Waals surface area (Å²) in [4.78, 5) is 0. The molecule has 0 fully saturated rings. The predicted octanol–water partition coefficient (Wildman–Crippen LogP) is 1.37. The van der Waals surface area contributed by atoms with Gasteiger partial charge in [-0.2, -0.15) is 10.5 Å². The first-order valence-electron chi connectivity index (χ1n) is 2.33. The second-order valence-corrected chi connectivity index (χ2v) is 1.23. The average molecular weight is 106 g/mol. The van der Waals surface area contributed by atoms with E-state index in [1.807, 2.05) is 12.1 Å². The van der Waals surface area contributed by atoms with E-state index in [1.165, 1.54) is 6.08 Å². The predicted molar refractivity (Wildman–Crippen MR) is 29.6 cm³/mol. The Hall–Kier alpha value is -1.28. The van der Waals surface area contributed by atoms with Crippen molar-refractivity contribution in [2.24, 2.45) is 0 Å². The lowest BCUT2D eigenvalue weighted by molar-refractivity contribution is 1.06. The van der Waals surface area contributed by atoms with Gasteiger partial charge in [-0.15, -0.1) is 0 Å². The molecule has 0 aromatic rings. The average Bonchev–Trinajstić information content (AvgIpc) is 1.81. The van der Waals surface area contributed by atoms with Crippen LogP contribution in [0.5, 0.6) is 0 Å². The van der Waals surface area contributed by atoms with Crippen molar-refractivity contribution in [2.75, 3.05) is 0 Å². The van der Waals surface area contributed by atoms with Gasteiger partial charge in [0.1, 0.15) is 0 Å². The van der Waals surface area contributed by atoms with Crippen LogP contribution in [0.1, 0.15) is 12.8 Å². The number of hydrogen-bond donors (Lipinski definition) is 0. The summed E-state index contributed by atoms with van der Waals surface area (Å²) < 4.78 is 0. The van der Waals surface area contributed by atoms with Crippen molar-refractivity contribution in [1.29, 1.82) is 10.5 Å². The fraction of sp³-hybridized carbons (Fsp3) is 0.333. The maximum absolute atomic E-state index is 8.00. The molecule has 0 unspecified atom stereocenters. The van der Waals surface area contributed by atoms with Crippen molar-refractivity contribution >= 4 is 0 Å². The highest BCUT2D eigenvalue weighted by atomic mass is 14.2. The van der Waals surface area contributed by atoms with Gasteiger partial charge in [-0.25, -0.2) is 0 Å². The van der Waals surface area contributed by atoms with Crippen LogP contribution in [0.4, 0.5) is 0 Å². The third-order valence-electron chi connectivity index (χ3n) is 0.615. The van der Waals surface area contributed by atoms with E-state index < -0.39 is 0 Å². The molecule has 0 heterocycles. The molecule has 0 aliphatic rings. The van der Waals surface area contributed by atoms with Gasteiger partial charge >= 0.3 is 0 Å². The van der Waals surface area contributed by atoms with E-state index in [2.05, 4.69) is 0 Å². The molecule has 2 nitrogen and oxygen atoms in total. The first-order chi connectivity index (χ1) is 3.91. The first-order valence-corrected chi connectivity index (χ1v) is 2.33. The summed E-state index contributed by atoms with van der Waals surface area (Å²) in [6.45, 7) is 0. The SMILES string of the molecule is N#C/C=C/CCC#N. The van der Waals surface area contributed by atoms with E-state index in [4.69, 9.17) is 10.5 Å². The van der Waals surface area contributed by atoms with E-state index >= 15 is 0 Å². The molecule has 40 valence electrons. The Morgan fingerprint density at radius 1 is 1.38 bits per heavy atom. The lowest BCUT2D eigenvalue weighted by Crippen LogP contribution is -1.60. The van der Waals surface area contributed by atoms with Crippen LogP contribution in [0, 0.1) is 22.7 Å². The minimum atomic E-state index is 0.498. The van der Waals surface area contributed by atoms with E-state index in [0.717, 1.165) is 0 Å². The molecular weight excluding hydrogens is 100 g/mol. The van der Waals surface area contributed by atoms with E-state index in [1.54, 1.807) is 6.08 Å². The summed E-state index contributed by atoms with van der Waals surface area (Å²) in [5, 5.41) is 15.9. The van der Waals surface area contributed by atoms with Gasteiger partial charge in [0.15, 0.2) is 0 Å². The van der Waals surface area contributed by atoms with Crippen LogP contribution in [-0.4, -0.2) is 0 Å². The topological polar surface area (TPSA) is 47.6 Å². The summed E-state index contributed by atoms with van der Waals surface area (Å²) in [5.41, 5.74) is 0. The normalized spacial score (nSPS) is 8.25. The molecule has 8 heavy (non-hydrogen) atoms. The van der Waals surface area contributed by atoms with Gasteiger partial charge in [-0.05, 0) is 6.42 Å². The Morgan fingerprint density at radius 2 is 2.12 bits per heavy atom. The van der Waals surface area contributed by atoms with Crippen molar-refractivity contribution < 1.29 is 0 Å². The second kappa shape index (κ2) is 5.72. The molecule has 0 aliphatic carbocycles. The summed E-state index contributed by atoms with van der Waals surface area (Å²) in [6, 6.07) is 3.80. The van der Waals surface area contributed by atoms with E-state index in [9.17, 15) is 0 Å². The van der Waals surface area contributed by atoms with Crippen LogP contribution in [0.3, 0.4) is 0 Å². The molecule has 0 bridgehead atoms. The zero-order valence-electron chi connectivity index (χ0n) is 4.46. The van der Waals surface area contributed by atoms with Crippen LogP contribution in [0.25, 0.3) is 0 Å². The third-order valence-corrected chi connectivity index (χ3v) is 0.615. The maximum atomic E-state index is 8.00. The zero-order chi connectivity index (χ0) is 6.24. The van der Waals surface area contributed by atoms with Gasteiger partial charge in [0.2, 0.25) is 0 Å². The Kier molecular flexibility index (Phi) is 4.80. The van der Waals surface area contributed by atoms with Crippen LogP contribution in [-0.2, 0) is 0 Å². The molecule has 0 spiro atoms. The molecule has 0 saturated carbocycles. The van der Waals surface area contributed by atoms with E-state index in [-0.39, 0.29) is 0 Å². The largest absolute Gasteiger partial charge is 0.198 e. The number of allylic oxidation sites excluding steroid dienone is 2. The Labute approximate surface area is 48.7 Å². The van der Waals surface area contributed by atoms with Crippen molar-refractivity contribution in [2.45, 2.75) is 12.8 Å². The van der Waals surface area contributed by atoms with Gasteiger partial charge in [0, 0.05) is 12.5 Å². The van der Waals surface area contributed by atoms with Crippen molar-refractivity contribution in [1.82, 2.24) is 0 Å². The van der Waals surface area contributed by atoms with Crippen molar-refractivity contribution in [3.8, 4) is 12.1 Å². The summed E-state index contributed by atoms with van der Waals surface area (Å²) in [5.74, 6) is 0. The number of unbranched alkanes of at least 4 members (excludes halogenated alkanes) is 1. The maximum Gasteiger partial charge on any atom is 0.0908 e. The van der Waals surface area contributed by atoms with Crippen LogP contribution < -0.4 is 0 Å². The van der Waals surface area contributed by atoms with Gasteiger partial charge < -0.3 is 0 Å². The second-order valence-electron chi connectivity index (χ2n) is 1.23. The van der Waals surface area contributed by atoms with Gasteiger partial charge in [0.05, 0.1) is 12.1 Å². The highest BCUT2D eigenvalue weighted by Gasteiger charge is 1.73.